The maximum absolute atomic E-state index is 12.5. The van der Waals surface area contributed by atoms with Gasteiger partial charge in [-0.15, -0.1) is 12.4 Å². The van der Waals surface area contributed by atoms with E-state index in [9.17, 15) is 8.78 Å². The first-order chi connectivity index (χ1) is 10.5. The fourth-order valence-corrected chi connectivity index (χ4v) is 3.18. The first-order valence-electron chi connectivity index (χ1n) is 7.35. The van der Waals surface area contributed by atoms with Crippen LogP contribution in [0.25, 0.3) is 0 Å². The average Bonchev–Trinajstić information content (AvgIpc) is 2.43. The molecule has 0 unspecified atom stereocenters. The van der Waals surface area contributed by atoms with Gasteiger partial charge in [0, 0.05) is 32.2 Å². The Morgan fingerprint density at radius 3 is 2.78 bits per heavy atom. The van der Waals surface area contributed by atoms with Crippen LogP contribution in [0.15, 0.2) is 16.6 Å². The predicted octanol–water partition coefficient (Wildman–Crippen LogP) is 3.66. The number of nitrogens with zero attached hydrogens (tertiary/aromatic N) is 1. The van der Waals surface area contributed by atoms with Gasteiger partial charge in [-0.05, 0) is 47.5 Å². The Balaban J connectivity index is 0.00000264. The summed E-state index contributed by atoms with van der Waals surface area (Å²) in [4.78, 5) is 2.33. The number of ether oxygens (including phenoxy) is 2. The summed E-state index contributed by atoms with van der Waals surface area (Å²) in [6.07, 6.45) is 0. The summed E-state index contributed by atoms with van der Waals surface area (Å²) >= 11 is 3.30. The van der Waals surface area contributed by atoms with Crippen molar-refractivity contribution in [3.8, 4) is 11.5 Å². The largest absolute Gasteiger partial charge is 0.490 e. The Labute approximate surface area is 150 Å². The molecular formula is C15H22BrClF2N2O2. The Bertz CT molecular complexity index is 509. The third kappa shape index (κ3) is 6.06. The zero-order valence-electron chi connectivity index (χ0n) is 13.2. The summed E-state index contributed by atoms with van der Waals surface area (Å²) in [5.74, 6) is 0.393. The zero-order valence-corrected chi connectivity index (χ0v) is 15.6. The van der Waals surface area contributed by atoms with Gasteiger partial charge in [-0.3, -0.25) is 4.90 Å². The lowest BCUT2D eigenvalue weighted by atomic mass is 10.1. The quantitative estimate of drug-likeness (QED) is 0.769. The highest BCUT2D eigenvalue weighted by molar-refractivity contribution is 9.10. The highest BCUT2D eigenvalue weighted by Gasteiger charge is 2.19. The van der Waals surface area contributed by atoms with E-state index < -0.39 is 6.61 Å². The second-order valence-corrected chi connectivity index (χ2v) is 6.16. The average molecular weight is 416 g/mol. The summed E-state index contributed by atoms with van der Waals surface area (Å²) in [5, 5.41) is 3.39. The molecule has 0 radical (unpaired) electrons. The molecular weight excluding hydrogens is 394 g/mol. The molecule has 0 bridgehead atoms. The molecule has 1 saturated heterocycles. The Hall–Kier alpha value is -0.630. The second kappa shape index (κ2) is 9.61. The summed E-state index contributed by atoms with van der Waals surface area (Å²) in [7, 11) is 0. The van der Waals surface area contributed by atoms with Crippen molar-refractivity contribution in [3.63, 3.8) is 0 Å². The van der Waals surface area contributed by atoms with Crippen molar-refractivity contribution in [3.05, 3.63) is 22.2 Å². The molecule has 1 aromatic carbocycles. The molecule has 1 heterocycles. The van der Waals surface area contributed by atoms with Crippen molar-refractivity contribution in [1.82, 2.24) is 10.2 Å². The van der Waals surface area contributed by atoms with E-state index in [0.29, 0.717) is 22.9 Å². The van der Waals surface area contributed by atoms with Gasteiger partial charge in [-0.2, -0.15) is 8.78 Å². The van der Waals surface area contributed by atoms with E-state index in [-0.39, 0.29) is 18.2 Å². The third-order valence-electron chi connectivity index (χ3n) is 3.44. The smallest absolute Gasteiger partial charge is 0.387 e. The van der Waals surface area contributed by atoms with Gasteiger partial charge in [0.25, 0.3) is 0 Å². The van der Waals surface area contributed by atoms with Crippen LogP contribution in [0.1, 0.15) is 19.4 Å². The van der Waals surface area contributed by atoms with Gasteiger partial charge in [-0.25, -0.2) is 0 Å². The fraction of sp³-hybridized carbons (Fsp3) is 0.600. The van der Waals surface area contributed by atoms with Crippen molar-refractivity contribution in [2.24, 2.45) is 0 Å². The molecule has 0 amide bonds. The van der Waals surface area contributed by atoms with Gasteiger partial charge in [0.05, 0.1) is 11.1 Å². The van der Waals surface area contributed by atoms with E-state index in [0.717, 1.165) is 31.7 Å². The van der Waals surface area contributed by atoms with E-state index in [4.69, 9.17) is 4.74 Å². The molecule has 4 nitrogen and oxygen atoms in total. The molecule has 1 aliphatic rings. The molecule has 1 N–H and O–H groups in total. The lowest BCUT2D eigenvalue weighted by Crippen LogP contribution is -2.48. The number of hydrogen-bond donors (Lipinski definition) is 1. The normalized spacial score (nSPS) is 18.6. The van der Waals surface area contributed by atoms with Crippen LogP contribution >= 0.6 is 28.3 Å². The number of piperazine rings is 1. The molecule has 1 aromatic rings. The minimum atomic E-state index is -2.88. The zero-order chi connectivity index (χ0) is 16.1. The molecule has 1 aliphatic heterocycles. The van der Waals surface area contributed by atoms with E-state index in [1.807, 2.05) is 13.0 Å². The van der Waals surface area contributed by atoms with Gasteiger partial charge in [-0.1, -0.05) is 0 Å². The minimum Gasteiger partial charge on any atom is -0.490 e. The SMILES string of the molecule is CCOc1cc(CN2CCN[C@H](C)C2)cc(Br)c1OC(F)F.Cl. The molecule has 0 aromatic heterocycles. The van der Waals surface area contributed by atoms with E-state index >= 15 is 0 Å². The lowest BCUT2D eigenvalue weighted by Gasteiger charge is -2.32. The fourth-order valence-electron chi connectivity index (χ4n) is 2.59. The third-order valence-corrected chi connectivity index (χ3v) is 4.02. The number of nitrogens with one attached hydrogen (secondary N) is 1. The van der Waals surface area contributed by atoms with Crippen molar-refractivity contribution in [2.45, 2.75) is 33.0 Å². The van der Waals surface area contributed by atoms with Crippen molar-refractivity contribution >= 4 is 28.3 Å². The molecule has 1 atom stereocenters. The highest BCUT2D eigenvalue weighted by Crippen LogP contribution is 2.38. The van der Waals surface area contributed by atoms with Crippen LogP contribution in [0, 0.1) is 0 Å². The number of benzene rings is 1. The van der Waals surface area contributed by atoms with E-state index in [1.165, 1.54) is 0 Å². The number of alkyl halides is 2. The number of halogens is 4. The standard InChI is InChI=1S/C15H21BrF2N2O2.ClH/c1-3-21-13-7-11(6-12(16)14(13)22-15(17)18)9-20-5-4-19-10(2)8-20;/h6-7,10,15,19H,3-5,8-9H2,1-2H3;1H/t10-;/m1./s1. The molecule has 132 valence electrons. The maximum Gasteiger partial charge on any atom is 0.387 e. The lowest BCUT2D eigenvalue weighted by molar-refractivity contribution is -0.0519. The molecule has 2 rings (SSSR count). The topological polar surface area (TPSA) is 33.7 Å². The minimum absolute atomic E-state index is 0. The van der Waals surface area contributed by atoms with Gasteiger partial charge in [0.1, 0.15) is 0 Å². The maximum atomic E-state index is 12.5. The van der Waals surface area contributed by atoms with Gasteiger partial charge in [0.15, 0.2) is 11.5 Å². The monoisotopic (exact) mass is 414 g/mol. The Kier molecular flexibility index (Phi) is 8.53. The first kappa shape index (κ1) is 20.4. The van der Waals surface area contributed by atoms with Crippen molar-refractivity contribution < 1.29 is 18.3 Å². The van der Waals surface area contributed by atoms with Crippen LogP contribution in [0.3, 0.4) is 0 Å². The van der Waals surface area contributed by atoms with Crippen LogP contribution in [0.5, 0.6) is 11.5 Å². The predicted molar refractivity (Wildman–Crippen MR) is 91.9 cm³/mol. The van der Waals surface area contributed by atoms with Gasteiger partial charge in [0.2, 0.25) is 0 Å². The molecule has 0 saturated carbocycles. The Morgan fingerprint density at radius 1 is 1.43 bits per heavy atom. The second-order valence-electron chi connectivity index (χ2n) is 5.31. The van der Waals surface area contributed by atoms with Crippen LogP contribution in [-0.2, 0) is 6.54 Å². The first-order valence-corrected chi connectivity index (χ1v) is 8.14. The summed E-state index contributed by atoms with van der Waals surface area (Å²) in [6, 6.07) is 4.04. The van der Waals surface area contributed by atoms with Gasteiger partial charge < -0.3 is 14.8 Å². The van der Waals surface area contributed by atoms with Crippen LogP contribution in [0.2, 0.25) is 0 Å². The molecule has 23 heavy (non-hydrogen) atoms. The van der Waals surface area contributed by atoms with Crippen molar-refractivity contribution in [1.29, 1.82) is 0 Å². The van der Waals surface area contributed by atoms with E-state index in [1.54, 1.807) is 6.07 Å². The van der Waals surface area contributed by atoms with Crippen LogP contribution < -0.4 is 14.8 Å². The molecule has 0 spiro atoms. The molecule has 8 heteroatoms. The highest BCUT2D eigenvalue weighted by atomic mass is 79.9. The van der Waals surface area contributed by atoms with Crippen LogP contribution in [0.4, 0.5) is 8.78 Å². The number of hydrogen-bond acceptors (Lipinski definition) is 4. The van der Waals surface area contributed by atoms with E-state index in [2.05, 4.69) is 37.8 Å². The molecule has 1 fully saturated rings. The summed E-state index contributed by atoms with van der Waals surface area (Å²) < 4.78 is 35.5. The van der Waals surface area contributed by atoms with Gasteiger partial charge >= 0.3 is 6.61 Å². The molecule has 0 aliphatic carbocycles. The summed E-state index contributed by atoms with van der Waals surface area (Å²) in [6.45, 7) is 5.08. The van der Waals surface area contributed by atoms with Crippen LogP contribution in [-0.4, -0.2) is 43.8 Å². The summed E-state index contributed by atoms with van der Waals surface area (Å²) in [5.41, 5.74) is 1.01. The Morgan fingerprint density at radius 2 is 2.17 bits per heavy atom. The van der Waals surface area contributed by atoms with Crippen molar-refractivity contribution in [2.75, 3.05) is 26.2 Å². The number of rotatable bonds is 6.